The molecule has 0 aliphatic carbocycles. The molecule has 0 atom stereocenters. The fourth-order valence-electron chi connectivity index (χ4n) is 3.95. The van der Waals surface area contributed by atoms with Crippen molar-refractivity contribution in [2.24, 2.45) is 5.92 Å². The van der Waals surface area contributed by atoms with E-state index < -0.39 is 10.0 Å². The van der Waals surface area contributed by atoms with Gasteiger partial charge in [-0.2, -0.15) is 9.57 Å². The van der Waals surface area contributed by atoms with Crippen LogP contribution in [0, 0.1) is 24.2 Å². The van der Waals surface area contributed by atoms with Gasteiger partial charge in [0.15, 0.2) is 0 Å². The first-order chi connectivity index (χ1) is 14.5. The maximum atomic E-state index is 12.9. The monoisotopic (exact) mass is 420 g/mol. The predicted molar refractivity (Wildman–Crippen MR) is 115 cm³/mol. The number of nitrogens with zero attached hydrogens (tertiary/aromatic N) is 4. The molecule has 6 nitrogen and oxygen atoms in total. The first-order valence-electron chi connectivity index (χ1n) is 10.1. The Balaban J connectivity index is 1.44. The van der Waals surface area contributed by atoms with Crippen LogP contribution in [0.4, 0.5) is 0 Å². The number of sulfonamides is 1. The molecule has 3 aromatic rings. The van der Waals surface area contributed by atoms with Crippen LogP contribution in [0.15, 0.2) is 65.7 Å². The quantitative estimate of drug-likeness (QED) is 0.628. The fraction of sp³-hybridized carbons (Fsp3) is 0.304. The minimum Gasteiger partial charge on any atom is -0.328 e. The lowest BCUT2D eigenvalue weighted by molar-refractivity contribution is 0.252. The zero-order valence-corrected chi connectivity index (χ0v) is 17.7. The van der Waals surface area contributed by atoms with Gasteiger partial charge in [0.25, 0.3) is 0 Å². The zero-order chi connectivity index (χ0) is 21.1. The molecular formula is C23H24N4O2S. The highest BCUT2D eigenvalue weighted by Crippen LogP contribution is 2.27. The van der Waals surface area contributed by atoms with E-state index in [0.717, 1.165) is 36.5 Å². The third-order valence-electron chi connectivity index (χ3n) is 5.72. The molecule has 1 aromatic heterocycles. The molecule has 0 N–H and O–H groups in total. The molecule has 7 heteroatoms. The zero-order valence-electron chi connectivity index (χ0n) is 16.9. The Morgan fingerprint density at radius 2 is 1.73 bits per heavy atom. The normalized spacial score (nSPS) is 15.7. The Morgan fingerprint density at radius 1 is 1.07 bits per heavy atom. The van der Waals surface area contributed by atoms with Crippen LogP contribution in [0.2, 0.25) is 0 Å². The van der Waals surface area contributed by atoms with Crippen LogP contribution in [0.25, 0.3) is 11.4 Å². The Morgan fingerprint density at radius 3 is 2.37 bits per heavy atom. The standard InChI is InChI=1S/C23H24N4O2S/c1-18-16-25-23(21-5-3-2-4-6-21)27(18)17-20-11-13-26(14-12-20)30(28,29)22-9-7-19(15-24)8-10-22/h2-10,16,20H,11-14,17H2,1H3. The average Bonchev–Trinajstić information content (AvgIpc) is 3.15. The summed E-state index contributed by atoms with van der Waals surface area (Å²) in [5.41, 5.74) is 2.66. The second-order valence-electron chi connectivity index (χ2n) is 7.68. The van der Waals surface area contributed by atoms with Gasteiger partial charge in [-0.05, 0) is 49.9 Å². The van der Waals surface area contributed by atoms with Gasteiger partial charge in [0.1, 0.15) is 5.82 Å². The average molecular weight is 421 g/mol. The van der Waals surface area contributed by atoms with Gasteiger partial charge in [-0.1, -0.05) is 30.3 Å². The highest BCUT2D eigenvalue weighted by molar-refractivity contribution is 7.89. The number of aryl methyl sites for hydroxylation is 1. The fourth-order valence-corrected chi connectivity index (χ4v) is 5.42. The summed E-state index contributed by atoms with van der Waals surface area (Å²) in [6.07, 6.45) is 3.51. The van der Waals surface area contributed by atoms with Gasteiger partial charge in [0, 0.05) is 37.1 Å². The van der Waals surface area contributed by atoms with Gasteiger partial charge in [0.05, 0.1) is 16.5 Å². The van der Waals surface area contributed by atoms with Crippen molar-refractivity contribution in [1.29, 1.82) is 5.26 Å². The van der Waals surface area contributed by atoms with Gasteiger partial charge in [-0.25, -0.2) is 13.4 Å². The van der Waals surface area contributed by atoms with Gasteiger partial charge < -0.3 is 4.57 Å². The van der Waals surface area contributed by atoms with Crippen LogP contribution in [-0.4, -0.2) is 35.4 Å². The van der Waals surface area contributed by atoms with Crippen LogP contribution in [0.1, 0.15) is 24.1 Å². The largest absolute Gasteiger partial charge is 0.328 e. The third-order valence-corrected chi connectivity index (χ3v) is 7.64. The molecule has 0 spiro atoms. The highest BCUT2D eigenvalue weighted by atomic mass is 32.2. The topological polar surface area (TPSA) is 79.0 Å². The minimum absolute atomic E-state index is 0.247. The first kappa shape index (κ1) is 20.3. The molecule has 0 bridgehead atoms. The molecule has 4 rings (SSSR count). The second-order valence-corrected chi connectivity index (χ2v) is 9.62. The molecular weight excluding hydrogens is 396 g/mol. The molecule has 0 amide bonds. The van der Waals surface area contributed by atoms with Crippen molar-refractivity contribution in [3.8, 4) is 17.5 Å². The van der Waals surface area contributed by atoms with E-state index in [2.05, 4.69) is 28.6 Å². The van der Waals surface area contributed by atoms with Crippen molar-refractivity contribution in [2.75, 3.05) is 13.1 Å². The van der Waals surface area contributed by atoms with Crippen LogP contribution in [-0.2, 0) is 16.6 Å². The number of piperidine rings is 1. The number of aromatic nitrogens is 2. The number of rotatable bonds is 5. The van der Waals surface area contributed by atoms with Crippen LogP contribution < -0.4 is 0 Å². The Kier molecular flexibility index (Phi) is 5.71. The Bertz CT molecular complexity index is 1150. The number of imidazole rings is 1. The van der Waals surface area contributed by atoms with Crippen molar-refractivity contribution in [3.05, 3.63) is 72.1 Å². The summed E-state index contributed by atoms with van der Waals surface area (Å²) in [6, 6.07) is 18.3. The summed E-state index contributed by atoms with van der Waals surface area (Å²) in [5.74, 6) is 1.36. The number of benzene rings is 2. The van der Waals surface area contributed by atoms with E-state index >= 15 is 0 Å². The smallest absolute Gasteiger partial charge is 0.243 e. The summed E-state index contributed by atoms with van der Waals surface area (Å²) < 4.78 is 29.7. The molecule has 0 saturated carbocycles. The molecule has 1 aliphatic heterocycles. The highest BCUT2D eigenvalue weighted by Gasteiger charge is 2.30. The second kappa shape index (κ2) is 8.42. The maximum Gasteiger partial charge on any atom is 0.243 e. The van der Waals surface area contributed by atoms with Crippen LogP contribution in [0.5, 0.6) is 0 Å². The van der Waals surface area contributed by atoms with E-state index in [9.17, 15) is 8.42 Å². The molecule has 1 saturated heterocycles. The van der Waals surface area contributed by atoms with Crippen molar-refractivity contribution < 1.29 is 8.42 Å². The van der Waals surface area contributed by atoms with Crippen molar-refractivity contribution in [3.63, 3.8) is 0 Å². The van der Waals surface area contributed by atoms with Crippen molar-refractivity contribution in [1.82, 2.24) is 13.9 Å². The van der Waals surface area contributed by atoms with Crippen LogP contribution in [0.3, 0.4) is 0 Å². The summed E-state index contributed by atoms with van der Waals surface area (Å²) in [7, 11) is -3.53. The molecule has 0 radical (unpaired) electrons. The van der Waals surface area contributed by atoms with E-state index in [4.69, 9.17) is 5.26 Å². The third kappa shape index (κ3) is 4.02. The minimum atomic E-state index is -3.53. The predicted octanol–water partition coefficient (Wildman–Crippen LogP) is 3.83. The lowest BCUT2D eigenvalue weighted by Gasteiger charge is -2.32. The van der Waals surface area contributed by atoms with E-state index in [1.54, 1.807) is 16.4 Å². The van der Waals surface area contributed by atoms with E-state index in [-0.39, 0.29) is 4.90 Å². The summed E-state index contributed by atoms with van der Waals surface area (Å²) >= 11 is 0. The molecule has 1 fully saturated rings. The number of nitriles is 1. The summed E-state index contributed by atoms with van der Waals surface area (Å²) in [5, 5.41) is 8.91. The van der Waals surface area contributed by atoms with Crippen molar-refractivity contribution >= 4 is 10.0 Å². The number of hydrogen-bond donors (Lipinski definition) is 0. The maximum absolute atomic E-state index is 12.9. The molecule has 0 unspecified atom stereocenters. The van der Waals surface area contributed by atoms with Gasteiger partial charge in [-0.3, -0.25) is 0 Å². The van der Waals surface area contributed by atoms with Gasteiger partial charge in [-0.15, -0.1) is 0 Å². The Labute approximate surface area is 177 Å². The first-order valence-corrected chi connectivity index (χ1v) is 11.5. The van der Waals surface area contributed by atoms with Crippen LogP contribution >= 0.6 is 0 Å². The van der Waals surface area contributed by atoms with E-state index in [1.807, 2.05) is 30.5 Å². The lowest BCUT2D eigenvalue weighted by atomic mass is 9.98. The molecule has 2 aromatic carbocycles. The van der Waals surface area contributed by atoms with E-state index in [0.29, 0.717) is 24.6 Å². The number of hydrogen-bond acceptors (Lipinski definition) is 4. The Hall–Kier alpha value is -2.95. The van der Waals surface area contributed by atoms with Gasteiger partial charge >= 0.3 is 0 Å². The summed E-state index contributed by atoms with van der Waals surface area (Å²) in [6.45, 7) is 3.90. The SMILES string of the molecule is Cc1cnc(-c2ccccc2)n1CC1CCN(S(=O)(=O)c2ccc(C#N)cc2)CC1. The molecule has 154 valence electrons. The molecule has 1 aliphatic rings. The van der Waals surface area contributed by atoms with Crippen molar-refractivity contribution in [2.45, 2.75) is 31.2 Å². The van der Waals surface area contributed by atoms with E-state index in [1.165, 1.54) is 12.1 Å². The molecule has 2 heterocycles. The lowest BCUT2D eigenvalue weighted by Crippen LogP contribution is -2.39. The molecule has 30 heavy (non-hydrogen) atoms. The summed E-state index contributed by atoms with van der Waals surface area (Å²) in [4.78, 5) is 4.84. The van der Waals surface area contributed by atoms with Gasteiger partial charge in [0.2, 0.25) is 10.0 Å².